The predicted molar refractivity (Wildman–Crippen MR) is 140 cm³/mol. The molecule has 5 nitrogen and oxygen atoms in total. The predicted octanol–water partition coefficient (Wildman–Crippen LogP) is 7.14. The smallest absolute Gasteiger partial charge is 0.227 e. The molecular formula is C24H47N5S2. The SMILES string of the molecule is CCCCCCCCCCCSc1nc(NCCN(C)C)nc(SCCCCCC)n1. The lowest BCUT2D eigenvalue weighted by Crippen LogP contribution is -2.21. The summed E-state index contributed by atoms with van der Waals surface area (Å²) >= 11 is 3.56. The fraction of sp³-hybridized carbons (Fsp3) is 0.875. The summed E-state index contributed by atoms with van der Waals surface area (Å²) in [6.07, 6.45) is 17.4. The molecule has 7 heteroatoms. The van der Waals surface area contributed by atoms with Gasteiger partial charge >= 0.3 is 0 Å². The molecule has 1 rings (SSSR count). The quantitative estimate of drug-likeness (QED) is 0.152. The van der Waals surface area contributed by atoms with Crippen LogP contribution in [0.5, 0.6) is 0 Å². The Morgan fingerprint density at radius 1 is 0.645 bits per heavy atom. The van der Waals surface area contributed by atoms with Crippen LogP contribution >= 0.6 is 23.5 Å². The number of hydrogen-bond acceptors (Lipinski definition) is 7. The highest BCUT2D eigenvalue weighted by Crippen LogP contribution is 2.22. The zero-order valence-corrected chi connectivity index (χ0v) is 22.3. The molecule has 0 radical (unpaired) electrons. The van der Waals surface area contributed by atoms with Gasteiger partial charge in [-0.3, -0.25) is 0 Å². The van der Waals surface area contributed by atoms with Gasteiger partial charge in [0.1, 0.15) is 0 Å². The van der Waals surface area contributed by atoms with Gasteiger partial charge in [0, 0.05) is 24.6 Å². The first-order valence-corrected chi connectivity index (χ1v) is 14.5. The fourth-order valence-corrected chi connectivity index (χ4v) is 4.93. The van der Waals surface area contributed by atoms with Crippen LogP contribution in [0, 0.1) is 0 Å². The summed E-state index contributed by atoms with van der Waals surface area (Å²) in [4.78, 5) is 16.2. The van der Waals surface area contributed by atoms with Gasteiger partial charge in [-0.15, -0.1) is 0 Å². The summed E-state index contributed by atoms with van der Waals surface area (Å²) in [7, 11) is 4.16. The minimum Gasteiger partial charge on any atom is -0.353 e. The third-order valence-electron chi connectivity index (χ3n) is 5.14. The van der Waals surface area contributed by atoms with Crippen molar-refractivity contribution in [3.63, 3.8) is 0 Å². The van der Waals surface area contributed by atoms with Crippen LogP contribution in [0.1, 0.15) is 97.3 Å². The molecule has 1 N–H and O–H groups in total. The molecule has 0 aliphatic heterocycles. The zero-order chi connectivity index (χ0) is 22.6. The van der Waals surface area contributed by atoms with Crippen molar-refractivity contribution in [2.24, 2.45) is 0 Å². The molecule has 0 bridgehead atoms. The minimum absolute atomic E-state index is 0.725. The average molecular weight is 470 g/mol. The van der Waals surface area contributed by atoms with Crippen molar-refractivity contribution in [2.45, 2.75) is 108 Å². The second-order valence-corrected chi connectivity index (χ2v) is 10.7. The molecule has 1 aromatic rings. The molecule has 0 amide bonds. The molecule has 0 saturated carbocycles. The van der Waals surface area contributed by atoms with Gasteiger partial charge in [0.15, 0.2) is 10.3 Å². The molecular weight excluding hydrogens is 422 g/mol. The summed E-state index contributed by atoms with van der Waals surface area (Å²) in [6.45, 7) is 6.34. The van der Waals surface area contributed by atoms with Crippen LogP contribution in [0.2, 0.25) is 0 Å². The standard InChI is InChI=1S/C24H47N5S2/c1-5-7-9-11-12-13-14-15-17-21-31-24-27-22(25-18-19-29(3)4)26-23(28-24)30-20-16-10-8-6-2/h5-21H2,1-4H3,(H,25,26,27,28). The normalized spacial score (nSPS) is 11.4. The molecule has 1 heterocycles. The molecule has 0 spiro atoms. The van der Waals surface area contributed by atoms with Crippen LogP contribution in [0.15, 0.2) is 10.3 Å². The van der Waals surface area contributed by atoms with E-state index in [2.05, 4.69) is 48.1 Å². The van der Waals surface area contributed by atoms with E-state index in [1.54, 1.807) is 23.5 Å². The summed E-state index contributed by atoms with van der Waals surface area (Å²) in [5.41, 5.74) is 0. The molecule has 1 aromatic heterocycles. The van der Waals surface area contributed by atoms with Gasteiger partial charge in [0.2, 0.25) is 5.95 Å². The van der Waals surface area contributed by atoms with E-state index in [0.29, 0.717) is 0 Å². The van der Waals surface area contributed by atoms with E-state index < -0.39 is 0 Å². The van der Waals surface area contributed by atoms with Crippen molar-refractivity contribution < 1.29 is 0 Å². The van der Waals surface area contributed by atoms with Crippen LogP contribution in [-0.2, 0) is 0 Å². The zero-order valence-electron chi connectivity index (χ0n) is 20.6. The fourth-order valence-electron chi connectivity index (χ4n) is 3.21. The van der Waals surface area contributed by atoms with Crippen LogP contribution in [-0.4, -0.2) is 58.5 Å². The number of hydrogen-bond donors (Lipinski definition) is 1. The van der Waals surface area contributed by atoms with Crippen molar-refractivity contribution in [1.82, 2.24) is 19.9 Å². The van der Waals surface area contributed by atoms with Crippen molar-refractivity contribution in [1.29, 1.82) is 0 Å². The first-order valence-electron chi connectivity index (χ1n) is 12.6. The number of aromatic nitrogens is 3. The summed E-state index contributed by atoms with van der Waals surface area (Å²) < 4.78 is 0. The minimum atomic E-state index is 0.725. The number of nitrogens with zero attached hydrogens (tertiary/aromatic N) is 4. The van der Waals surface area contributed by atoms with Crippen LogP contribution in [0.25, 0.3) is 0 Å². The maximum Gasteiger partial charge on any atom is 0.227 e. The van der Waals surface area contributed by atoms with E-state index in [4.69, 9.17) is 4.98 Å². The summed E-state index contributed by atoms with van der Waals surface area (Å²) in [5.74, 6) is 2.91. The highest BCUT2D eigenvalue weighted by atomic mass is 32.2. The Morgan fingerprint density at radius 3 is 1.58 bits per heavy atom. The largest absolute Gasteiger partial charge is 0.353 e. The third kappa shape index (κ3) is 16.7. The molecule has 0 atom stereocenters. The molecule has 0 aliphatic rings. The van der Waals surface area contributed by atoms with Gasteiger partial charge < -0.3 is 10.2 Å². The monoisotopic (exact) mass is 469 g/mol. The molecule has 0 unspecified atom stereocenters. The molecule has 180 valence electrons. The third-order valence-corrected chi connectivity index (χ3v) is 7.01. The topological polar surface area (TPSA) is 53.9 Å². The molecule has 0 saturated heterocycles. The lowest BCUT2D eigenvalue weighted by molar-refractivity contribution is 0.424. The number of unbranched alkanes of at least 4 members (excludes halogenated alkanes) is 11. The lowest BCUT2D eigenvalue weighted by Gasteiger charge is -2.11. The van der Waals surface area contributed by atoms with Gasteiger partial charge in [0.05, 0.1) is 0 Å². The number of rotatable bonds is 21. The van der Waals surface area contributed by atoms with Crippen molar-refractivity contribution in [3.8, 4) is 0 Å². The first-order chi connectivity index (χ1) is 15.2. The van der Waals surface area contributed by atoms with Gasteiger partial charge in [-0.05, 0) is 26.9 Å². The average Bonchev–Trinajstić information content (AvgIpc) is 2.74. The van der Waals surface area contributed by atoms with Crippen molar-refractivity contribution >= 4 is 29.5 Å². The Bertz CT molecular complexity index is 543. The lowest BCUT2D eigenvalue weighted by atomic mass is 10.1. The molecule has 0 fully saturated rings. The Balaban J connectivity index is 2.38. The number of anilines is 1. The van der Waals surface area contributed by atoms with Crippen LogP contribution in [0.3, 0.4) is 0 Å². The maximum atomic E-state index is 4.72. The van der Waals surface area contributed by atoms with Gasteiger partial charge in [-0.1, -0.05) is 108 Å². The van der Waals surface area contributed by atoms with E-state index in [1.165, 1.54) is 83.5 Å². The van der Waals surface area contributed by atoms with Crippen molar-refractivity contribution in [2.75, 3.05) is 44.0 Å². The van der Waals surface area contributed by atoms with E-state index in [0.717, 1.165) is 40.9 Å². The highest BCUT2D eigenvalue weighted by molar-refractivity contribution is 7.99. The van der Waals surface area contributed by atoms with Crippen molar-refractivity contribution in [3.05, 3.63) is 0 Å². The number of nitrogens with one attached hydrogen (secondary N) is 1. The Labute approximate surface area is 200 Å². The van der Waals surface area contributed by atoms with E-state index in [9.17, 15) is 0 Å². The van der Waals surface area contributed by atoms with E-state index in [-0.39, 0.29) is 0 Å². The van der Waals surface area contributed by atoms with Gasteiger partial charge in [-0.2, -0.15) is 15.0 Å². The number of thioether (sulfide) groups is 2. The van der Waals surface area contributed by atoms with E-state index >= 15 is 0 Å². The Hall–Kier alpha value is -0.530. The number of likely N-dealkylation sites (N-methyl/N-ethyl adjacent to an activating group) is 1. The second-order valence-electron chi connectivity index (χ2n) is 8.54. The second kappa shape index (κ2) is 20.1. The highest BCUT2D eigenvalue weighted by Gasteiger charge is 2.08. The van der Waals surface area contributed by atoms with Crippen LogP contribution in [0.4, 0.5) is 5.95 Å². The Morgan fingerprint density at radius 2 is 1.10 bits per heavy atom. The molecule has 0 aliphatic carbocycles. The molecule has 0 aromatic carbocycles. The molecule has 31 heavy (non-hydrogen) atoms. The summed E-state index contributed by atoms with van der Waals surface area (Å²) in [6, 6.07) is 0. The maximum absolute atomic E-state index is 4.72. The summed E-state index contributed by atoms with van der Waals surface area (Å²) in [5, 5.41) is 5.12. The Kier molecular flexibility index (Phi) is 18.5. The van der Waals surface area contributed by atoms with E-state index in [1.807, 2.05) is 0 Å². The van der Waals surface area contributed by atoms with Gasteiger partial charge in [0.25, 0.3) is 0 Å². The van der Waals surface area contributed by atoms with Gasteiger partial charge in [-0.25, -0.2) is 0 Å². The first kappa shape index (κ1) is 28.5. The van der Waals surface area contributed by atoms with Crippen LogP contribution < -0.4 is 5.32 Å².